The molecule has 0 aliphatic rings. The van der Waals surface area contributed by atoms with E-state index in [0.29, 0.717) is 5.52 Å². The van der Waals surface area contributed by atoms with Crippen LogP contribution >= 0.6 is 12.4 Å². The number of aromatic amines is 1. The maximum absolute atomic E-state index is 10.7. The number of benzene rings is 1. The van der Waals surface area contributed by atoms with Crippen molar-refractivity contribution in [2.24, 2.45) is 0 Å². The lowest BCUT2D eigenvalue weighted by Gasteiger charge is -1.94. The SMILES string of the molecule is Cl.O=c1[nH]c2ccc(S(=O)(=O)O)cc2o1. The van der Waals surface area contributed by atoms with E-state index in [9.17, 15) is 13.2 Å². The summed E-state index contributed by atoms with van der Waals surface area (Å²) < 4.78 is 34.7. The lowest BCUT2D eigenvalue weighted by atomic mass is 10.3. The second-order valence-corrected chi connectivity index (χ2v) is 4.07. The molecule has 0 saturated carbocycles. The number of hydrogen-bond acceptors (Lipinski definition) is 4. The van der Waals surface area contributed by atoms with E-state index in [0.717, 1.165) is 6.07 Å². The van der Waals surface area contributed by atoms with E-state index < -0.39 is 15.9 Å². The predicted molar refractivity (Wildman–Crippen MR) is 53.9 cm³/mol. The van der Waals surface area contributed by atoms with Crippen LogP contribution < -0.4 is 5.76 Å². The minimum absolute atomic E-state index is 0. The molecule has 1 aromatic heterocycles. The van der Waals surface area contributed by atoms with Gasteiger partial charge in [0.1, 0.15) is 0 Å². The van der Waals surface area contributed by atoms with Gasteiger partial charge in [-0.1, -0.05) is 0 Å². The van der Waals surface area contributed by atoms with Gasteiger partial charge in [-0.15, -0.1) is 12.4 Å². The first-order chi connectivity index (χ1) is 6.47. The summed E-state index contributed by atoms with van der Waals surface area (Å²) in [5, 5.41) is 0. The molecule has 0 bridgehead atoms. The number of fused-ring (bicyclic) bond motifs is 1. The number of halogens is 1. The summed E-state index contributed by atoms with van der Waals surface area (Å²) in [5.41, 5.74) is 0.465. The Morgan fingerprint density at radius 2 is 2.00 bits per heavy atom. The van der Waals surface area contributed by atoms with Crippen LogP contribution in [0.15, 0.2) is 32.3 Å². The van der Waals surface area contributed by atoms with Gasteiger partial charge in [-0.05, 0) is 12.1 Å². The van der Waals surface area contributed by atoms with E-state index in [2.05, 4.69) is 9.40 Å². The molecule has 0 saturated heterocycles. The molecule has 0 amide bonds. The van der Waals surface area contributed by atoms with Gasteiger partial charge in [-0.3, -0.25) is 9.54 Å². The Morgan fingerprint density at radius 3 is 2.60 bits per heavy atom. The van der Waals surface area contributed by atoms with Crippen molar-refractivity contribution < 1.29 is 17.4 Å². The monoisotopic (exact) mass is 251 g/mol. The van der Waals surface area contributed by atoms with E-state index in [4.69, 9.17) is 4.55 Å². The Morgan fingerprint density at radius 1 is 1.33 bits per heavy atom. The van der Waals surface area contributed by atoms with E-state index in [1.54, 1.807) is 0 Å². The summed E-state index contributed by atoms with van der Waals surface area (Å²) >= 11 is 0. The van der Waals surface area contributed by atoms with E-state index in [1.807, 2.05) is 0 Å². The highest BCUT2D eigenvalue weighted by Crippen LogP contribution is 2.15. The van der Waals surface area contributed by atoms with E-state index >= 15 is 0 Å². The van der Waals surface area contributed by atoms with Crippen molar-refractivity contribution in [3.63, 3.8) is 0 Å². The molecule has 6 nitrogen and oxygen atoms in total. The second kappa shape index (κ2) is 3.69. The van der Waals surface area contributed by atoms with E-state index in [-0.39, 0.29) is 22.9 Å². The Labute approximate surface area is 90.1 Å². The minimum Gasteiger partial charge on any atom is -0.408 e. The quantitative estimate of drug-likeness (QED) is 0.730. The fourth-order valence-electron chi connectivity index (χ4n) is 1.09. The fraction of sp³-hybridized carbons (Fsp3) is 0. The minimum atomic E-state index is -4.26. The molecule has 1 aromatic carbocycles. The summed E-state index contributed by atoms with van der Waals surface area (Å²) in [4.78, 5) is 12.7. The maximum Gasteiger partial charge on any atom is 0.417 e. The molecule has 0 atom stereocenters. The first-order valence-corrected chi connectivity index (χ1v) is 5.01. The molecule has 0 radical (unpaired) electrons. The lowest BCUT2D eigenvalue weighted by molar-refractivity contribution is 0.482. The fourth-order valence-corrected chi connectivity index (χ4v) is 1.58. The molecule has 8 heteroatoms. The zero-order valence-electron chi connectivity index (χ0n) is 7.13. The maximum atomic E-state index is 10.7. The van der Waals surface area contributed by atoms with E-state index in [1.165, 1.54) is 12.1 Å². The lowest BCUT2D eigenvalue weighted by Crippen LogP contribution is -1.96. The summed E-state index contributed by atoms with van der Waals surface area (Å²) in [5.74, 6) is -0.674. The highest BCUT2D eigenvalue weighted by atomic mass is 35.5. The average molecular weight is 252 g/mol. The van der Waals surface area contributed by atoms with Crippen LogP contribution in [0.4, 0.5) is 0 Å². The highest BCUT2D eigenvalue weighted by molar-refractivity contribution is 7.85. The smallest absolute Gasteiger partial charge is 0.408 e. The molecule has 0 unspecified atom stereocenters. The summed E-state index contributed by atoms with van der Waals surface area (Å²) in [6.07, 6.45) is 0. The number of rotatable bonds is 1. The predicted octanol–water partition coefficient (Wildman–Crippen LogP) is 0.790. The van der Waals surface area contributed by atoms with Crippen LogP contribution in [0.25, 0.3) is 11.1 Å². The molecule has 2 rings (SSSR count). The Kier molecular flexibility index (Phi) is 2.89. The third kappa shape index (κ3) is 2.20. The molecule has 0 aliphatic carbocycles. The number of hydrogen-bond donors (Lipinski definition) is 2. The number of aromatic nitrogens is 1. The van der Waals surface area contributed by atoms with Crippen LogP contribution in [0, 0.1) is 0 Å². The van der Waals surface area contributed by atoms with Gasteiger partial charge in [-0.25, -0.2) is 4.79 Å². The van der Waals surface area contributed by atoms with Crippen LogP contribution in [0.5, 0.6) is 0 Å². The zero-order chi connectivity index (χ0) is 10.3. The molecule has 0 fully saturated rings. The first kappa shape index (κ1) is 11.8. The molecule has 0 aliphatic heterocycles. The summed E-state index contributed by atoms with van der Waals surface area (Å²) in [6.45, 7) is 0. The highest BCUT2D eigenvalue weighted by Gasteiger charge is 2.11. The van der Waals surface area contributed by atoms with Gasteiger partial charge in [0.15, 0.2) is 5.58 Å². The van der Waals surface area contributed by atoms with Gasteiger partial charge in [0, 0.05) is 6.07 Å². The van der Waals surface area contributed by atoms with Gasteiger partial charge in [0.05, 0.1) is 10.4 Å². The van der Waals surface area contributed by atoms with Crippen LogP contribution in [0.3, 0.4) is 0 Å². The number of nitrogens with one attached hydrogen (secondary N) is 1. The standard InChI is InChI=1S/C7H5NO5S.ClH/c9-7-8-5-2-1-4(14(10,11)12)3-6(5)13-7;/h1-3H,(H,8,9)(H,10,11,12);1H. The van der Waals surface area contributed by atoms with Crippen molar-refractivity contribution in [1.29, 1.82) is 0 Å². The average Bonchev–Trinajstić information content (AvgIpc) is 2.41. The van der Waals surface area contributed by atoms with Crippen molar-refractivity contribution in [2.45, 2.75) is 4.90 Å². The van der Waals surface area contributed by atoms with Gasteiger partial charge >= 0.3 is 5.76 Å². The molecular formula is C7H6ClNO5S. The molecule has 0 spiro atoms. The molecule has 2 N–H and O–H groups in total. The van der Waals surface area contributed by atoms with Crippen molar-refractivity contribution in [3.05, 3.63) is 28.7 Å². The molecule has 1 heterocycles. The summed E-state index contributed by atoms with van der Waals surface area (Å²) in [7, 11) is -4.26. The normalized spacial score (nSPS) is 11.3. The van der Waals surface area contributed by atoms with Crippen LogP contribution in [-0.4, -0.2) is 18.0 Å². The molecular weight excluding hydrogens is 246 g/mol. The van der Waals surface area contributed by atoms with Crippen molar-refractivity contribution in [1.82, 2.24) is 4.98 Å². The van der Waals surface area contributed by atoms with Crippen LogP contribution in [-0.2, 0) is 10.1 Å². The third-order valence-electron chi connectivity index (χ3n) is 1.69. The summed E-state index contributed by atoms with van der Waals surface area (Å²) in [6, 6.07) is 3.58. The van der Waals surface area contributed by atoms with Gasteiger partial charge in [-0.2, -0.15) is 8.42 Å². The van der Waals surface area contributed by atoms with Crippen molar-refractivity contribution in [2.75, 3.05) is 0 Å². The number of oxazole rings is 1. The third-order valence-corrected chi connectivity index (χ3v) is 2.54. The van der Waals surface area contributed by atoms with Crippen LogP contribution in [0.2, 0.25) is 0 Å². The number of H-pyrrole nitrogens is 1. The Bertz CT molecular complexity index is 641. The zero-order valence-corrected chi connectivity index (χ0v) is 8.76. The molecule has 15 heavy (non-hydrogen) atoms. The van der Waals surface area contributed by atoms with Gasteiger partial charge in [0.2, 0.25) is 0 Å². The molecule has 2 aromatic rings. The first-order valence-electron chi connectivity index (χ1n) is 3.57. The van der Waals surface area contributed by atoms with Gasteiger partial charge < -0.3 is 4.42 Å². The van der Waals surface area contributed by atoms with Crippen molar-refractivity contribution in [3.8, 4) is 0 Å². The van der Waals surface area contributed by atoms with Crippen LogP contribution in [0.1, 0.15) is 0 Å². The topological polar surface area (TPSA) is 100 Å². The second-order valence-electron chi connectivity index (χ2n) is 2.65. The van der Waals surface area contributed by atoms with Gasteiger partial charge in [0.25, 0.3) is 10.1 Å². The molecule has 82 valence electrons. The largest absolute Gasteiger partial charge is 0.417 e. The Balaban J connectivity index is 0.00000112. The van der Waals surface area contributed by atoms with Crippen molar-refractivity contribution >= 4 is 33.6 Å². The Hall–Kier alpha value is -1.31.